The van der Waals surface area contributed by atoms with Gasteiger partial charge >= 0.3 is 6.61 Å². The summed E-state index contributed by atoms with van der Waals surface area (Å²) in [4.78, 5) is 4.59. The van der Waals surface area contributed by atoms with Crippen LogP contribution in [0.5, 0.6) is 5.75 Å². The monoisotopic (exact) mass is 312 g/mol. The van der Waals surface area contributed by atoms with Crippen LogP contribution < -0.4 is 10.1 Å². The van der Waals surface area contributed by atoms with E-state index in [1.54, 1.807) is 23.5 Å². The van der Waals surface area contributed by atoms with Crippen LogP contribution in [0.15, 0.2) is 29.6 Å². The van der Waals surface area contributed by atoms with Crippen LogP contribution in [0.2, 0.25) is 0 Å². The molecular weight excluding hydrogens is 294 g/mol. The Morgan fingerprint density at radius 3 is 2.43 bits per heavy atom. The third kappa shape index (κ3) is 4.67. The number of benzene rings is 1. The molecule has 0 radical (unpaired) electrons. The number of rotatable bonds is 5. The van der Waals surface area contributed by atoms with Crippen LogP contribution in [-0.4, -0.2) is 11.6 Å². The van der Waals surface area contributed by atoms with Gasteiger partial charge in [-0.05, 0) is 24.3 Å². The van der Waals surface area contributed by atoms with E-state index in [2.05, 4.69) is 35.8 Å². The van der Waals surface area contributed by atoms with Gasteiger partial charge in [-0.15, -0.1) is 11.3 Å². The first-order valence-corrected chi connectivity index (χ1v) is 7.46. The van der Waals surface area contributed by atoms with Gasteiger partial charge in [0.1, 0.15) is 5.75 Å². The second-order valence-corrected chi connectivity index (χ2v) is 6.51. The van der Waals surface area contributed by atoms with Crippen LogP contribution >= 0.6 is 11.3 Å². The summed E-state index contributed by atoms with van der Waals surface area (Å²) < 4.78 is 28.4. The normalized spacial score (nSPS) is 11.7. The van der Waals surface area contributed by atoms with E-state index in [-0.39, 0.29) is 11.2 Å². The largest absolute Gasteiger partial charge is 0.435 e. The fraction of sp³-hybridized carbons (Fsp3) is 0.400. The van der Waals surface area contributed by atoms with Gasteiger partial charge in [0.05, 0.1) is 17.2 Å². The second-order valence-electron chi connectivity index (χ2n) is 5.65. The highest BCUT2D eigenvalue weighted by atomic mass is 32.1. The first-order chi connectivity index (χ1) is 9.84. The number of aromatic nitrogens is 1. The Morgan fingerprint density at radius 1 is 1.24 bits per heavy atom. The van der Waals surface area contributed by atoms with Crippen LogP contribution in [0, 0.1) is 0 Å². The molecule has 0 spiro atoms. The molecular formula is C15H18F2N2OS. The highest BCUT2D eigenvalue weighted by Gasteiger charge is 2.17. The maximum absolute atomic E-state index is 12.0. The number of hydrogen-bond donors (Lipinski definition) is 1. The quantitative estimate of drug-likeness (QED) is 0.872. The van der Waals surface area contributed by atoms with E-state index in [1.165, 1.54) is 12.1 Å². The van der Waals surface area contributed by atoms with Gasteiger partial charge in [-0.25, -0.2) is 4.98 Å². The smallest absolute Gasteiger partial charge is 0.387 e. The third-order valence-electron chi connectivity index (χ3n) is 2.75. The molecule has 6 heteroatoms. The standard InChI is InChI=1S/C15H18F2N2OS/c1-15(2,3)13-19-11(9-21-13)8-18-10-4-6-12(7-5-10)20-14(16)17/h4-7,9,14,18H,8H2,1-3H3. The molecule has 0 unspecified atom stereocenters. The molecule has 0 aliphatic rings. The van der Waals surface area contributed by atoms with E-state index in [9.17, 15) is 8.78 Å². The Bertz CT molecular complexity index is 576. The summed E-state index contributed by atoms with van der Waals surface area (Å²) in [6.07, 6.45) is 0. The SMILES string of the molecule is CC(C)(C)c1nc(CNc2ccc(OC(F)F)cc2)cs1. The van der Waals surface area contributed by atoms with Crippen molar-refractivity contribution in [2.75, 3.05) is 5.32 Å². The van der Waals surface area contributed by atoms with Crippen LogP contribution in [0.4, 0.5) is 14.5 Å². The lowest BCUT2D eigenvalue weighted by Gasteiger charge is -2.13. The summed E-state index contributed by atoms with van der Waals surface area (Å²) in [5.41, 5.74) is 1.86. The fourth-order valence-corrected chi connectivity index (χ4v) is 2.59. The van der Waals surface area contributed by atoms with Crippen molar-refractivity contribution in [1.29, 1.82) is 0 Å². The average Bonchev–Trinajstić information content (AvgIpc) is 2.86. The van der Waals surface area contributed by atoms with E-state index in [4.69, 9.17) is 0 Å². The first-order valence-electron chi connectivity index (χ1n) is 6.58. The Balaban J connectivity index is 1.92. The van der Waals surface area contributed by atoms with Crippen LogP contribution in [0.1, 0.15) is 31.5 Å². The van der Waals surface area contributed by atoms with Crippen molar-refractivity contribution >= 4 is 17.0 Å². The summed E-state index contributed by atoms with van der Waals surface area (Å²) in [7, 11) is 0. The number of nitrogens with zero attached hydrogens (tertiary/aromatic N) is 1. The van der Waals surface area contributed by atoms with E-state index < -0.39 is 6.61 Å². The van der Waals surface area contributed by atoms with Crippen LogP contribution in [0.3, 0.4) is 0 Å². The molecule has 2 rings (SSSR count). The molecule has 3 nitrogen and oxygen atoms in total. The Hall–Kier alpha value is -1.69. The van der Waals surface area contributed by atoms with Gasteiger partial charge in [0, 0.05) is 16.5 Å². The van der Waals surface area contributed by atoms with E-state index in [0.717, 1.165) is 16.4 Å². The van der Waals surface area contributed by atoms with Crippen molar-refractivity contribution < 1.29 is 13.5 Å². The molecule has 1 aromatic carbocycles. The number of ether oxygens (including phenoxy) is 1. The highest BCUT2D eigenvalue weighted by molar-refractivity contribution is 7.09. The molecule has 0 saturated carbocycles. The second kappa shape index (κ2) is 6.39. The van der Waals surface area contributed by atoms with Crippen molar-refractivity contribution in [2.24, 2.45) is 0 Å². The Morgan fingerprint density at radius 2 is 1.90 bits per heavy atom. The lowest BCUT2D eigenvalue weighted by molar-refractivity contribution is -0.0498. The number of alkyl halides is 2. The average molecular weight is 312 g/mol. The van der Waals surface area contributed by atoms with Gasteiger partial charge in [0.15, 0.2) is 0 Å². The van der Waals surface area contributed by atoms with E-state index >= 15 is 0 Å². The number of hydrogen-bond acceptors (Lipinski definition) is 4. The predicted molar refractivity (Wildman–Crippen MR) is 81.2 cm³/mol. The molecule has 1 aromatic heterocycles. The van der Waals surface area contributed by atoms with Crippen molar-refractivity contribution in [3.8, 4) is 5.75 Å². The van der Waals surface area contributed by atoms with Crippen molar-refractivity contribution in [3.63, 3.8) is 0 Å². The molecule has 0 aliphatic heterocycles. The van der Waals surface area contributed by atoms with Gasteiger partial charge in [-0.1, -0.05) is 20.8 Å². The van der Waals surface area contributed by atoms with Gasteiger partial charge in [-0.2, -0.15) is 8.78 Å². The third-order valence-corrected chi connectivity index (χ3v) is 4.06. The predicted octanol–water partition coefficient (Wildman–Crippen LogP) is 4.65. The molecule has 0 amide bonds. The summed E-state index contributed by atoms with van der Waals surface area (Å²) in [6, 6.07) is 6.43. The summed E-state index contributed by atoms with van der Waals surface area (Å²) in [6.45, 7) is 4.19. The summed E-state index contributed by atoms with van der Waals surface area (Å²) in [5, 5.41) is 6.33. The van der Waals surface area contributed by atoms with Crippen molar-refractivity contribution in [3.05, 3.63) is 40.3 Å². The molecule has 1 N–H and O–H groups in total. The zero-order valence-electron chi connectivity index (χ0n) is 12.2. The zero-order chi connectivity index (χ0) is 15.5. The number of anilines is 1. The number of halogens is 2. The van der Waals surface area contributed by atoms with E-state index in [1.807, 2.05) is 5.38 Å². The van der Waals surface area contributed by atoms with E-state index in [0.29, 0.717) is 6.54 Å². The Kier molecular flexibility index (Phi) is 4.77. The lowest BCUT2D eigenvalue weighted by Crippen LogP contribution is -2.11. The summed E-state index contributed by atoms with van der Waals surface area (Å²) in [5.74, 6) is 0.152. The van der Waals surface area contributed by atoms with Crippen molar-refractivity contribution in [1.82, 2.24) is 4.98 Å². The molecule has 0 atom stereocenters. The Labute approximate surface area is 127 Å². The lowest BCUT2D eigenvalue weighted by atomic mass is 9.98. The molecule has 114 valence electrons. The maximum atomic E-state index is 12.0. The topological polar surface area (TPSA) is 34.2 Å². The molecule has 0 aliphatic carbocycles. The maximum Gasteiger partial charge on any atom is 0.387 e. The zero-order valence-corrected chi connectivity index (χ0v) is 13.0. The van der Waals surface area contributed by atoms with Gasteiger partial charge in [0.2, 0.25) is 0 Å². The number of nitrogens with one attached hydrogen (secondary N) is 1. The molecule has 0 bridgehead atoms. The first kappa shape index (κ1) is 15.7. The highest BCUT2D eigenvalue weighted by Crippen LogP contribution is 2.26. The van der Waals surface area contributed by atoms with Crippen LogP contribution in [0.25, 0.3) is 0 Å². The molecule has 21 heavy (non-hydrogen) atoms. The van der Waals surface area contributed by atoms with Gasteiger partial charge in [0.25, 0.3) is 0 Å². The minimum atomic E-state index is -2.80. The van der Waals surface area contributed by atoms with Gasteiger partial charge in [-0.3, -0.25) is 0 Å². The molecule has 0 fully saturated rings. The minimum Gasteiger partial charge on any atom is -0.435 e. The number of thiazole rings is 1. The fourth-order valence-electron chi connectivity index (χ4n) is 1.68. The van der Waals surface area contributed by atoms with Crippen LogP contribution in [-0.2, 0) is 12.0 Å². The van der Waals surface area contributed by atoms with Crippen molar-refractivity contribution in [2.45, 2.75) is 39.3 Å². The molecule has 0 saturated heterocycles. The van der Waals surface area contributed by atoms with Gasteiger partial charge < -0.3 is 10.1 Å². The molecule has 1 heterocycles. The summed E-state index contributed by atoms with van der Waals surface area (Å²) >= 11 is 1.65. The molecule has 2 aromatic rings. The minimum absolute atomic E-state index is 0.0528.